The van der Waals surface area contributed by atoms with Crippen LogP contribution in [-0.4, -0.2) is 11.7 Å². The van der Waals surface area contributed by atoms with Crippen LogP contribution >= 0.6 is 0 Å². The van der Waals surface area contributed by atoms with Crippen molar-refractivity contribution in [2.75, 3.05) is 7.11 Å². The van der Waals surface area contributed by atoms with Gasteiger partial charge in [-0.25, -0.2) is 0 Å². The summed E-state index contributed by atoms with van der Waals surface area (Å²) in [5, 5.41) is 1.70. The first kappa shape index (κ1) is 19.8. The molecule has 0 N–H and O–H groups in total. The second-order valence-electron chi connectivity index (χ2n) is 7.79. The van der Waals surface area contributed by atoms with Crippen LogP contribution in [0.3, 0.4) is 0 Å². The summed E-state index contributed by atoms with van der Waals surface area (Å²) in [5.74, 6) is 0.753. The van der Waals surface area contributed by atoms with E-state index in [0.29, 0.717) is 5.39 Å². The van der Waals surface area contributed by atoms with E-state index in [9.17, 15) is 4.79 Å². The van der Waals surface area contributed by atoms with E-state index in [1.807, 2.05) is 77.4 Å². The number of rotatable bonds is 4. The maximum Gasteiger partial charge on any atom is 0.263 e. The van der Waals surface area contributed by atoms with Crippen LogP contribution in [0.25, 0.3) is 38.8 Å². The van der Waals surface area contributed by atoms with E-state index in [1.165, 1.54) is 0 Å². The minimum atomic E-state index is -0.0348. The Kier molecular flexibility index (Phi) is 5.08. The lowest BCUT2D eigenvalue weighted by molar-refractivity contribution is 0.414. The van der Waals surface area contributed by atoms with Crippen LogP contribution in [0.1, 0.15) is 5.56 Å². The number of ether oxygens (including phenoxy) is 1. The van der Waals surface area contributed by atoms with Crippen molar-refractivity contribution < 1.29 is 4.74 Å². The fourth-order valence-corrected chi connectivity index (χ4v) is 4.36. The lowest BCUT2D eigenvalue weighted by Gasteiger charge is -2.22. The maximum absolute atomic E-state index is 13.9. The molecule has 0 bridgehead atoms. The summed E-state index contributed by atoms with van der Waals surface area (Å²) in [6.45, 7) is 2.07. The van der Waals surface area contributed by atoms with Crippen molar-refractivity contribution in [3.8, 4) is 33.8 Å². The van der Waals surface area contributed by atoms with E-state index in [4.69, 9.17) is 4.74 Å². The first-order valence-electron chi connectivity index (χ1n) is 10.6. The molecule has 0 fully saturated rings. The molecule has 1 heterocycles. The molecule has 0 aliphatic carbocycles. The topological polar surface area (TPSA) is 31.2 Å². The Morgan fingerprint density at radius 2 is 1.31 bits per heavy atom. The summed E-state index contributed by atoms with van der Waals surface area (Å²) in [6, 6.07) is 34.0. The van der Waals surface area contributed by atoms with Gasteiger partial charge in [0.05, 0.1) is 12.8 Å². The van der Waals surface area contributed by atoms with Gasteiger partial charge in [0.2, 0.25) is 0 Å². The molecule has 0 aliphatic heterocycles. The molecule has 0 radical (unpaired) electrons. The maximum atomic E-state index is 13.9. The summed E-state index contributed by atoms with van der Waals surface area (Å²) < 4.78 is 7.17. The van der Waals surface area contributed by atoms with Crippen LogP contribution < -0.4 is 10.3 Å². The molecule has 0 saturated carbocycles. The summed E-state index contributed by atoms with van der Waals surface area (Å²) in [7, 11) is 1.64. The monoisotopic (exact) mass is 417 g/mol. The zero-order chi connectivity index (χ0) is 22.1. The number of hydrogen-bond acceptors (Lipinski definition) is 2. The Labute approximate surface area is 187 Å². The van der Waals surface area contributed by atoms with Gasteiger partial charge in [0.1, 0.15) is 5.75 Å². The van der Waals surface area contributed by atoms with Crippen molar-refractivity contribution in [1.82, 2.24) is 4.57 Å². The average molecular weight is 418 g/mol. The SMILES string of the molecule is COc1ccc(-n2c(-c3ccccc3)c(-c3ccccc3)c3c(C)cccc3c2=O)cc1. The van der Waals surface area contributed by atoms with Gasteiger partial charge in [-0.05, 0) is 53.9 Å². The Bertz CT molecular complexity index is 1450. The van der Waals surface area contributed by atoms with E-state index in [2.05, 4.69) is 37.3 Å². The Hall–Kier alpha value is -4.11. The van der Waals surface area contributed by atoms with Gasteiger partial charge in [-0.1, -0.05) is 72.8 Å². The lowest BCUT2D eigenvalue weighted by atomic mass is 9.91. The highest BCUT2D eigenvalue weighted by Gasteiger charge is 2.21. The molecule has 4 aromatic carbocycles. The number of pyridine rings is 1. The Morgan fingerprint density at radius 3 is 1.94 bits per heavy atom. The number of methoxy groups -OCH3 is 1. The molecule has 0 amide bonds. The third-order valence-corrected chi connectivity index (χ3v) is 5.86. The van der Waals surface area contributed by atoms with Gasteiger partial charge in [-0.2, -0.15) is 0 Å². The van der Waals surface area contributed by atoms with Gasteiger partial charge < -0.3 is 4.74 Å². The zero-order valence-corrected chi connectivity index (χ0v) is 18.1. The van der Waals surface area contributed by atoms with Crippen molar-refractivity contribution in [3.05, 3.63) is 119 Å². The largest absolute Gasteiger partial charge is 0.497 e. The van der Waals surface area contributed by atoms with E-state index >= 15 is 0 Å². The molecule has 3 heteroatoms. The summed E-state index contributed by atoms with van der Waals surface area (Å²) in [6.07, 6.45) is 0. The van der Waals surface area contributed by atoms with Crippen LogP contribution in [0, 0.1) is 6.92 Å². The fraction of sp³-hybridized carbons (Fsp3) is 0.0690. The highest BCUT2D eigenvalue weighted by atomic mass is 16.5. The normalized spacial score (nSPS) is 10.9. The zero-order valence-electron chi connectivity index (χ0n) is 18.1. The quantitative estimate of drug-likeness (QED) is 0.328. The summed E-state index contributed by atoms with van der Waals surface area (Å²) in [5.41, 5.74) is 5.85. The molecule has 0 saturated heterocycles. The number of hydrogen-bond donors (Lipinski definition) is 0. The van der Waals surface area contributed by atoms with Crippen molar-refractivity contribution >= 4 is 10.8 Å². The molecule has 0 aliphatic rings. The number of nitrogens with zero attached hydrogens (tertiary/aromatic N) is 1. The number of aromatic nitrogens is 1. The number of fused-ring (bicyclic) bond motifs is 1. The fourth-order valence-electron chi connectivity index (χ4n) is 4.36. The minimum absolute atomic E-state index is 0.0348. The Balaban J connectivity index is 2.01. The van der Waals surface area contributed by atoms with Crippen molar-refractivity contribution in [2.45, 2.75) is 6.92 Å². The van der Waals surface area contributed by atoms with Gasteiger partial charge in [0.25, 0.3) is 5.56 Å². The molecular weight excluding hydrogens is 394 g/mol. The highest BCUT2D eigenvalue weighted by Crippen LogP contribution is 2.39. The smallest absolute Gasteiger partial charge is 0.263 e. The standard InChI is InChI=1S/C29H23NO2/c1-20-10-9-15-25-26(20)27(21-11-5-3-6-12-21)28(22-13-7-4-8-14-22)30(29(25)31)23-16-18-24(32-2)19-17-23/h3-19H,1-2H3. The third kappa shape index (κ3) is 3.28. The predicted octanol–water partition coefficient (Wildman–Crippen LogP) is 6.64. The molecule has 3 nitrogen and oxygen atoms in total. The minimum Gasteiger partial charge on any atom is -0.497 e. The number of aryl methyl sites for hydroxylation is 1. The van der Waals surface area contributed by atoms with E-state index in [-0.39, 0.29) is 5.56 Å². The first-order valence-corrected chi connectivity index (χ1v) is 10.6. The van der Waals surface area contributed by atoms with Crippen LogP contribution in [-0.2, 0) is 0 Å². The average Bonchev–Trinajstić information content (AvgIpc) is 2.85. The van der Waals surface area contributed by atoms with Gasteiger partial charge in [0.15, 0.2) is 0 Å². The summed E-state index contributed by atoms with van der Waals surface area (Å²) >= 11 is 0. The van der Waals surface area contributed by atoms with Crippen molar-refractivity contribution in [2.24, 2.45) is 0 Å². The molecule has 5 aromatic rings. The van der Waals surface area contributed by atoms with Crippen molar-refractivity contribution in [1.29, 1.82) is 0 Å². The third-order valence-electron chi connectivity index (χ3n) is 5.86. The Morgan fingerprint density at radius 1 is 0.688 bits per heavy atom. The van der Waals surface area contributed by atoms with Gasteiger partial charge >= 0.3 is 0 Å². The van der Waals surface area contributed by atoms with E-state index < -0.39 is 0 Å². The van der Waals surface area contributed by atoms with Gasteiger partial charge in [-0.3, -0.25) is 9.36 Å². The van der Waals surface area contributed by atoms with E-state index in [0.717, 1.165) is 44.8 Å². The molecule has 1 aromatic heterocycles. The van der Waals surface area contributed by atoms with Gasteiger partial charge in [-0.15, -0.1) is 0 Å². The molecule has 32 heavy (non-hydrogen) atoms. The molecule has 0 unspecified atom stereocenters. The molecule has 0 atom stereocenters. The van der Waals surface area contributed by atoms with Gasteiger partial charge in [0, 0.05) is 22.0 Å². The van der Waals surface area contributed by atoms with Crippen molar-refractivity contribution in [3.63, 3.8) is 0 Å². The van der Waals surface area contributed by atoms with E-state index in [1.54, 1.807) is 7.11 Å². The van der Waals surface area contributed by atoms with Crippen LogP contribution in [0.15, 0.2) is 108 Å². The molecular formula is C29H23NO2. The molecule has 156 valence electrons. The predicted molar refractivity (Wildman–Crippen MR) is 132 cm³/mol. The van der Waals surface area contributed by atoms with Crippen LogP contribution in [0.2, 0.25) is 0 Å². The number of benzene rings is 4. The lowest BCUT2D eigenvalue weighted by Crippen LogP contribution is -2.22. The van der Waals surface area contributed by atoms with Crippen LogP contribution in [0.5, 0.6) is 5.75 Å². The first-order chi connectivity index (χ1) is 15.7. The molecule has 0 spiro atoms. The second-order valence-corrected chi connectivity index (χ2v) is 7.79. The highest BCUT2D eigenvalue weighted by molar-refractivity contribution is 6.04. The second kappa shape index (κ2) is 8.20. The molecule has 5 rings (SSSR count). The van der Waals surface area contributed by atoms with Crippen LogP contribution in [0.4, 0.5) is 0 Å². The summed E-state index contributed by atoms with van der Waals surface area (Å²) in [4.78, 5) is 13.9.